The van der Waals surface area contributed by atoms with E-state index in [2.05, 4.69) is 4.98 Å². The van der Waals surface area contributed by atoms with E-state index in [1.54, 1.807) is 6.07 Å². The van der Waals surface area contributed by atoms with Crippen LogP contribution >= 0.6 is 11.6 Å². The molecule has 4 nitrogen and oxygen atoms in total. The number of aromatic nitrogens is 1. The van der Waals surface area contributed by atoms with E-state index in [1.165, 1.54) is 0 Å². The number of fused-ring (bicyclic) bond motifs is 1. The van der Waals surface area contributed by atoms with Gasteiger partial charge in [0.1, 0.15) is 5.75 Å². The van der Waals surface area contributed by atoms with Crippen LogP contribution in [-0.2, 0) is 11.2 Å². The summed E-state index contributed by atoms with van der Waals surface area (Å²) in [5, 5.41) is 11.0. The van der Waals surface area contributed by atoms with E-state index in [0.29, 0.717) is 17.4 Å². The zero-order chi connectivity index (χ0) is 18.1. The van der Waals surface area contributed by atoms with E-state index in [9.17, 15) is 9.90 Å². The monoisotopic (exact) mass is 357 g/mol. The summed E-state index contributed by atoms with van der Waals surface area (Å²) in [4.78, 5) is 14.9. The van der Waals surface area contributed by atoms with Crippen LogP contribution in [-0.4, -0.2) is 22.7 Å². The smallest absolute Gasteiger partial charge is 0.307 e. The van der Waals surface area contributed by atoms with Crippen LogP contribution in [0.3, 0.4) is 0 Å². The van der Waals surface area contributed by atoms with Gasteiger partial charge in [-0.05, 0) is 55.7 Å². The summed E-state index contributed by atoms with van der Waals surface area (Å²) >= 11 is 6.20. The van der Waals surface area contributed by atoms with Gasteiger partial charge in [-0.2, -0.15) is 0 Å². The van der Waals surface area contributed by atoms with Crippen molar-refractivity contribution in [1.29, 1.82) is 0 Å². The number of ether oxygens (including phenoxy) is 1. The van der Waals surface area contributed by atoms with Crippen LogP contribution in [0.1, 0.15) is 23.6 Å². The zero-order valence-electron chi connectivity index (χ0n) is 14.4. The lowest BCUT2D eigenvalue weighted by Gasteiger charge is -2.11. The number of rotatable bonds is 5. The van der Waals surface area contributed by atoms with Crippen molar-refractivity contribution >= 4 is 28.5 Å². The normalized spacial score (nSPS) is 11.0. The third-order valence-corrected chi connectivity index (χ3v) is 4.55. The molecule has 0 aliphatic carbocycles. The number of hydrogen-bond acceptors (Lipinski definition) is 2. The third-order valence-electron chi connectivity index (χ3n) is 4.31. The van der Waals surface area contributed by atoms with Gasteiger partial charge in [-0.3, -0.25) is 4.79 Å². The Morgan fingerprint density at radius 3 is 2.60 bits per heavy atom. The highest BCUT2D eigenvalue weighted by Gasteiger charge is 2.21. The van der Waals surface area contributed by atoms with Crippen LogP contribution in [0, 0.1) is 13.8 Å². The van der Waals surface area contributed by atoms with Crippen LogP contribution in [0.5, 0.6) is 5.75 Å². The Morgan fingerprint density at radius 2 is 1.92 bits per heavy atom. The Morgan fingerprint density at radius 1 is 1.20 bits per heavy atom. The Kier molecular flexibility index (Phi) is 4.73. The molecule has 2 N–H and O–H groups in total. The van der Waals surface area contributed by atoms with Crippen LogP contribution < -0.4 is 4.74 Å². The second-order valence-corrected chi connectivity index (χ2v) is 6.51. The van der Waals surface area contributed by atoms with Crippen molar-refractivity contribution in [2.24, 2.45) is 0 Å². The second kappa shape index (κ2) is 6.81. The minimum absolute atomic E-state index is 0.0717. The fraction of sp³-hybridized carbons (Fsp3) is 0.250. The molecule has 0 unspecified atom stereocenters. The maximum Gasteiger partial charge on any atom is 0.307 e. The number of carbonyl (C=O) groups is 1. The third kappa shape index (κ3) is 3.22. The topological polar surface area (TPSA) is 62.3 Å². The maximum absolute atomic E-state index is 11.5. The van der Waals surface area contributed by atoms with Gasteiger partial charge in [0.2, 0.25) is 0 Å². The van der Waals surface area contributed by atoms with E-state index in [4.69, 9.17) is 16.3 Å². The molecule has 0 radical (unpaired) electrons. The summed E-state index contributed by atoms with van der Waals surface area (Å²) in [5.74, 6) is -0.191. The predicted octanol–water partition coefficient (Wildman–Crippen LogP) is 5.13. The van der Waals surface area contributed by atoms with Gasteiger partial charge in [0, 0.05) is 21.5 Å². The molecule has 0 spiro atoms. The number of aliphatic carboxylic acids is 1. The van der Waals surface area contributed by atoms with E-state index >= 15 is 0 Å². The summed E-state index contributed by atoms with van der Waals surface area (Å²) in [6, 6.07) is 9.45. The van der Waals surface area contributed by atoms with Crippen molar-refractivity contribution in [3.8, 4) is 17.0 Å². The number of benzene rings is 2. The number of halogens is 1. The first-order valence-electron chi connectivity index (χ1n) is 8.17. The Balaban J connectivity index is 2.37. The molecule has 2 aromatic carbocycles. The highest BCUT2D eigenvalue weighted by Crippen LogP contribution is 2.39. The van der Waals surface area contributed by atoms with Crippen molar-refractivity contribution < 1.29 is 14.6 Å². The van der Waals surface area contributed by atoms with Crippen molar-refractivity contribution in [1.82, 2.24) is 4.98 Å². The van der Waals surface area contributed by atoms with Gasteiger partial charge >= 0.3 is 5.97 Å². The highest BCUT2D eigenvalue weighted by atomic mass is 35.5. The van der Waals surface area contributed by atoms with Gasteiger partial charge in [0.25, 0.3) is 0 Å². The number of hydrogen-bond donors (Lipinski definition) is 2. The summed E-state index contributed by atoms with van der Waals surface area (Å²) in [6.07, 6.45) is -0.0717. The molecule has 5 heteroatoms. The minimum Gasteiger partial charge on any atom is -0.493 e. The van der Waals surface area contributed by atoms with Gasteiger partial charge in [-0.25, -0.2) is 0 Å². The first-order chi connectivity index (χ1) is 11.9. The quantitative estimate of drug-likeness (QED) is 0.665. The molecule has 130 valence electrons. The molecule has 1 heterocycles. The van der Waals surface area contributed by atoms with Crippen LogP contribution in [0.2, 0.25) is 5.02 Å². The molecule has 0 bridgehead atoms. The van der Waals surface area contributed by atoms with Crippen molar-refractivity contribution in [2.45, 2.75) is 27.2 Å². The van der Waals surface area contributed by atoms with E-state index < -0.39 is 5.97 Å². The second-order valence-electron chi connectivity index (χ2n) is 6.07. The number of aromatic amines is 1. The predicted molar refractivity (Wildman–Crippen MR) is 101 cm³/mol. The fourth-order valence-corrected chi connectivity index (χ4v) is 3.40. The van der Waals surface area contributed by atoms with Gasteiger partial charge in [-0.15, -0.1) is 0 Å². The minimum atomic E-state index is -0.872. The molecule has 0 saturated heterocycles. The highest BCUT2D eigenvalue weighted by molar-refractivity contribution is 6.31. The SMILES string of the molecule is CCOc1ccc(Cl)cc1-c1[nH]c2c(C)ccc(C)c2c1CC(=O)O. The molecule has 0 saturated carbocycles. The largest absolute Gasteiger partial charge is 0.493 e. The fourth-order valence-electron chi connectivity index (χ4n) is 3.22. The van der Waals surface area contributed by atoms with E-state index in [0.717, 1.165) is 38.9 Å². The van der Waals surface area contributed by atoms with Crippen molar-refractivity contribution in [2.75, 3.05) is 6.61 Å². The number of nitrogens with one attached hydrogen (secondary N) is 1. The number of carboxylic acid groups (broad SMARTS) is 1. The van der Waals surface area contributed by atoms with E-state index in [1.807, 2.05) is 45.0 Å². The van der Waals surface area contributed by atoms with Crippen molar-refractivity contribution in [3.63, 3.8) is 0 Å². The van der Waals surface area contributed by atoms with E-state index in [-0.39, 0.29) is 6.42 Å². The lowest BCUT2D eigenvalue weighted by molar-refractivity contribution is -0.136. The van der Waals surface area contributed by atoms with Gasteiger partial charge in [0.05, 0.1) is 18.7 Å². The van der Waals surface area contributed by atoms with Crippen molar-refractivity contribution in [3.05, 3.63) is 52.0 Å². The van der Waals surface area contributed by atoms with Crippen LogP contribution in [0.25, 0.3) is 22.2 Å². The summed E-state index contributed by atoms with van der Waals surface area (Å²) in [6.45, 7) is 6.43. The molecule has 0 amide bonds. The molecule has 0 aliphatic rings. The average Bonchev–Trinajstić information content (AvgIpc) is 2.93. The Hall–Kier alpha value is -2.46. The molecular weight excluding hydrogens is 338 g/mol. The lowest BCUT2D eigenvalue weighted by atomic mass is 9.98. The average molecular weight is 358 g/mol. The molecule has 3 rings (SSSR count). The molecule has 1 aromatic heterocycles. The molecule has 0 atom stereocenters. The molecular formula is C20H20ClNO3. The number of carboxylic acids is 1. The number of H-pyrrole nitrogens is 1. The number of aryl methyl sites for hydroxylation is 2. The van der Waals surface area contributed by atoms with Gasteiger partial charge in [-0.1, -0.05) is 23.7 Å². The zero-order valence-corrected chi connectivity index (χ0v) is 15.2. The molecule has 25 heavy (non-hydrogen) atoms. The summed E-state index contributed by atoms with van der Waals surface area (Å²) in [7, 11) is 0. The maximum atomic E-state index is 11.5. The molecule has 0 fully saturated rings. The Labute approximate surface area is 151 Å². The molecule has 3 aromatic rings. The first-order valence-corrected chi connectivity index (χ1v) is 8.55. The molecule has 0 aliphatic heterocycles. The Bertz CT molecular complexity index is 959. The summed E-state index contributed by atoms with van der Waals surface area (Å²) in [5.41, 5.74) is 5.35. The summed E-state index contributed by atoms with van der Waals surface area (Å²) < 4.78 is 5.74. The van der Waals surface area contributed by atoms with Crippen LogP contribution in [0.15, 0.2) is 30.3 Å². The lowest BCUT2D eigenvalue weighted by Crippen LogP contribution is -2.02. The standard InChI is InChI=1S/C20H20ClNO3/c1-4-25-16-8-7-13(21)9-14(16)20-15(10-17(23)24)18-11(2)5-6-12(3)19(18)22-20/h5-9,22H,4,10H2,1-3H3,(H,23,24). The first kappa shape index (κ1) is 17.4. The van der Waals surface area contributed by atoms with Gasteiger partial charge in [0.15, 0.2) is 0 Å². The van der Waals surface area contributed by atoms with Gasteiger partial charge < -0.3 is 14.8 Å². The van der Waals surface area contributed by atoms with Crippen LogP contribution in [0.4, 0.5) is 0 Å².